The number of nitrogens with zero attached hydrogens (tertiary/aromatic N) is 1. The second-order valence-corrected chi connectivity index (χ2v) is 8.24. The average Bonchev–Trinajstić information content (AvgIpc) is 2.47. The Hall–Kier alpha value is -0.430. The molecule has 4 nitrogen and oxygen atoms in total. The molecule has 1 aromatic rings. The Kier molecular flexibility index (Phi) is 5.82. The highest BCUT2D eigenvalue weighted by atomic mass is 79.9. The molecule has 1 fully saturated rings. The zero-order chi connectivity index (χ0) is 15.5. The van der Waals surface area contributed by atoms with Gasteiger partial charge in [-0.15, -0.1) is 0 Å². The lowest BCUT2D eigenvalue weighted by Gasteiger charge is -2.34. The van der Waals surface area contributed by atoms with Crippen LogP contribution in [0.15, 0.2) is 27.6 Å². The van der Waals surface area contributed by atoms with Gasteiger partial charge in [0.25, 0.3) is 0 Å². The molecule has 21 heavy (non-hydrogen) atoms. The Bertz CT molecular complexity index is 587. The highest BCUT2D eigenvalue weighted by Crippen LogP contribution is 2.31. The van der Waals surface area contributed by atoms with Gasteiger partial charge in [-0.1, -0.05) is 25.8 Å². The number of rotatable bonds is 5. The van der Waals surface area contributed by atoms with E-state index in [2.05, 4.69) is 22.9 Å². The van der Waals surface area contributed by atoms with Gasteiger partial charge in [-0.05, 0) is 52.9 Å². The number of halogens is 1. The quantitative estimate of drug-likeness (QED) is 0.859. The zero-order valence-corrected chi connectivity index (χ0v) is 14.8. The average molecular weight is 375 g/mol. The Morgan fingerprint density at radius 2 is 2.14 bits per heavy atom. The van der Waals surface area contributed by atoms with E-state index in [1.807, 2.05) is 0 Å². The van der Waals surface area contributed by atoms with E-state index in [4.69, 9.17) is 5.73 Å². The van der Waals surface area contributed by atoms with Crippen molar-refractivity contribution in [2.24, 2.45) is 5.73 Å². The van der Waals surface area contributed by atoms with E-state index >= 15 is 0 Å². The Labute approximate surface area is 135 Å². The SMILES string of the molecule is CCCC1CCCCN1S(=O)(=O)c1ccc(CN)cc1Br. The smallest absolute Gasteiger partial charge is 0.244 e. The highest BCUT2D eigenvalue weighted by Gasteiger charge is 2.33. The minimum atomic E-state index is -3.44. The lowest BCUT2D eigenvalue weighted by Crippen LogP contribution is -2.43. The standard InChI is InChI=1S/C15H23BrN2O2S/c1-2-5-13-6-3-4-9-18(13)21(19,20)15-8-7-12(11-17)10-14(15)16/h7-8,10,13H,2-6,9,11,17H2,1H3. The van der Waals surface area contributed by atoms with Crippen LogP contribution in [0.5, 0.6) is 0 Å². The molecule has 1 aliphatic rings. The zero-order valence-electron chi connectivity index (χ0n) is 12.4. The fraction of sp³-hybridized carbons (Fsp3) is 0.600. The third-order valence-corrected chi connectivity index (χ3v) is 6.94. The molecule has 0 saturated carbocycles. The van der Waals surface area contributed by atoms with Crippen LogP contribution in [0.25, 0.3) is 0 Å². The molecule has 2 N–H and O–H groups in total. The number of piperidine rings is 1. The number of hydrogen-bond acceptors (Lipinski definition) is 3. The molecule has 1 aliphatic heterocycles. The molecule has 0 amide bonds. The predicted octanol–water partition coefficient (Wildman–Crippen LogP) is 3.25. The van der Waals surface area contributed by atoms with Crippen LogP contribution < -0.4 is 5.73 Å². The first-order valence-electron chi connectivity index (χ1n) is 7.51. The summed E-state index contributed by atoms with van der Waals surface area (Å²) < 4.78 is 28.2. The molecule has 0 aromatic heterocycles. The van der Waals surface area contributed by atoms with E-state index in [-0.39, 0.29) is 6.04 Å². The summed E-state index contributed by atoms with van der Waals surface area (Å²) in [5.74, 6) is 0. The van der Waals surface area contributed by atoms with E-state index in [1.165, 1.54) is 0 Å². The Balaban J connectivity index is 2.35. The summed E-state index contributed by atoms with van der Waals surface area (Å²) in [6.07, 6.45) is 4.95. The molecular weight excluding hydrogens is 352 g/mol. The maximum atomic E-state index is 13.0. The third kappa shape index (κ3) is 3.67. The van der Waals surface area contributed by atoms with E-state index in [9.17, 15) is 8.42 Å². The van der Waals surface area contributed by atoms with Crippen molar-refractivity contribution in [1.82, 2.24) is 4.31 Å². The van der Waals surface area contributed by atoms with Crippen LogP contribution >= 0.6 is 15.9 Å². The van der Waals surface area contributed by atoms with Gasteiger partial charge in [0.2, 0.25) is 10.0 Å². The van der Waals surface area contributed by atoms with Crippen molar-refractivity contribution in [3.8, 4) is 0 Å². The van der Waals surface area contributed by atoms with Crippen molar-refractivity contribution in [2.45, 2.75) is 56.5 Å². The molecule has 0 spiro atoms. The van der Waals surface area contributed by atoms with Gasteiger partial charge in [0.15, 0.2) is 0 Å². The minimum absolute atomic E-state index is 0.134. The maximum absolute atomic E-state index is 13.0. The fourth-order valence-electron chi connectivity index (χ4n) is 2.92. The molecule has 1 atom stereocenters. The largest absolute Gasteiger partial charge is 0.326 e. The summed E-state index contributed by atoms with van der Waals surface area (Å²) in [6, 6.07) is 5.39. The fourth-order valence-corrected chi connectivity index (χ4v) is 5.73. The van der Waals surface area contributed by atoms with Crippen LogP contribution in [0.4, 0.5) is 0 Å². The molecule has 1 heterocycles. The van der Waals surface area contributed by atoms with E-state index in [0.717, 1.165) is 37.7 Å². The van der Waals surface area contributed by atoms with Gasteiger partial charge >= 0.3 is 0 Å². The van der Waals surface area contributed by atoms with Gasteiger partial charge in [0, 0.05) is 23.6 Å². The molecule has 2 rings (SSSR count). The molecule has 1 unspecified atom stereocenters. The van der Waals surface area contributed by atoms with E-state index < -0.39 is 10.0 Å². The maximum Gasteiger partial charge on any atom is 0.244 e. The normalized spacial score (nSPS) is 20.6. The first kappa shape index (κ1) is 16.9. The lowest BCUT2D eigenvalue weighted by molar-refractivity contribution is 0.239. The van der Waals surface area contributed by atoms with Crippen molar-refractivity contribution in [1.29, 1.82) is 0 Å². The van der Waals surface area contributed by atoms with Crippen LogP contribution in [-0.2, 0) is 16.6 Å². The summed E-state index contributed by atoms with van der Waals surface area (Å²) in [7, 11) is -3.44. The number of benzene rings is 1. The number of sulfonamides is 1. The second-order valence-electron chi connectivity index (χ2n) is 5.52. The third-order valence-electron chi connectivity index (χ3n) is 4.01. The topological polar surface area (TPSA) is 63.4 Å². The first-order chi connectivity index (χ1) is 10.0. The molecule has 0 aliphatic carbocycles. The van der Waals surface area contributed by atoms with Crippen LogP contribution in [0, 0.1) is 0 Å². The summed E-state index contributed by atoms with van der Waals surface area (Å²) >= 11 is 3.39. The van der Waals surface area contributed by atoms with Crippen molar-refractivity contribution in [2.75, 3.05) is 6.54 Å². The second kappa shape index (κ2) is 7.22. The summed E-state index contributed by atoms with van der Waals surface area (Å²) in [4.78, 5) is 0.350. The van der Waals surface area contributed by atoms with Gasteiger partial charge in [-0.2, -0.15) is 4.31 Å². The Morgan fingerprint density at radius 3 is 2.76 bits per heavy atom. The molecule has 118 valence electrons. The van der Waals surface area contributed by atoms with Crippen molar-refractivity contribution < 1.29 is 8.42 Å². The molecule has 6 heteroatoms. The van der Waals surface area contributed by atoms with Crippen LogP contribution in [0.1, 0.15) is 44.6 Å². The molecule has 1 saturated heterocycles. The monoisotopic (exact) mass is 374 g/mol. The van der Waals surface area contributed by atoms with Gasteiger partial charge in [0.05, 0.1) is 4.90 Å². The Morgan fingerprint density at radius 1 is 1.38 bits per heavy atom. The van der Waals surface area contributed by atoms with E-state index in [1.54, 1.807) is 22.5 Å². The lowest BCUT2D eigenvalue weighted by atomic mass is 10.0. The summed E-state index contributed by atoms with van der Waals surface area (Å²) in [5, 5.41) is 0. The number of hydrogen-bond donors (Lipinski definition) is 1. The van der Waals surface area contributed by atoms with Crippen molar-refractivity contribution in [3.63, 3.8) is 0 Å². The van der Waals surface area contributed by atoms with Crippen LogP contribution in [-0.4, -0.2) is 25.3 Å². The van der Waals surface area contributed by atoms with Crippen LogP contribution in [0.2, 0.25) is 0 Å². The molecule has 1 aromatic carbocycles. The minimum Gasteiger partial charge on any atom is -0.326 e. The van der Waals surface area contributed by atoms with Gasteiger partial charge in [-0.25, -0.2) is 8.42 Å². The number of nitrogens with two attached hydrogens (primary N) is 1. The molecular formula is C15H23BrN2O2S. The predicted molar refractivity (Wildman–Crippen MR) is 88.5 cm³/mol. The van der Waals surface area contributed by atoms with Crippen molar-refractivity contribution in [3.05, 3.63) is 28.2 Å². The first-order valence-corrected chi connectivity index (χ1v) is 9.74. The molecule has 0 bridgehead atoms. The summed E-state index contributed by atoms with van der Waals surface area (Å²) in [6.45, 7) is 3.13. The van der Waals surface area contributed by atoms with Gasteiger partial charge in [-0.3, -0.25) is 0 Å². The van der Waals surface area contributed by atoms with Gasteiger partial charge < -0.3 is 5.73 Å². The summed E-state index contributed by atoms with van der Waals surface area (Å²) in [5.41, 5.74) is 6.52. The van der Waals surface area contributed by atoms with Crippen LogP contribution in [0.3, 0.4) is 0 Å². The van der Waals surface area contributed by atoms with Crippen molar-refractivity contribution >= 4 is 26.0 Å². The van der Waals surface area contributed by atoms with Gasteiger partial charge in [0.1, 0.15) is 0 Å². The molecule has 0 radical (unpaired) electrons. The van der Waals surface area contributed by atoms with E-state index in [0.29, 0.717) is 22.5 Å². The highest BCUT2D eigenvalue weighted by molar-refractivity contribution is 9.10.